The molecule has 0 bridgehead atoms. The number of benzene rings is 2. The SMILES string of the molecule is COc1ccc(/C=C/C(=O)NCc2ccc(CN3CCOCC3)cc2)cc1OC. The lowest BCUT2D eigenvalue weighted by atomic mass is 10.1. The number of hydrogen-bond acceptors (Lipinski definition) is 5. The molecule has 0 atom stereocenters. The smallest absolute Gasteiger partial charge is 0.244 e. The second kappa shape index (κ2) is 10.6. The lowest BCUT2D eigenvalue weighted by Crippen LogP contribution is -2.35. The maximum Gasteiger partial charge on any atom is 0.244 e. The molecule has 1 amide bonds. The number of nitrogens with zero attached hydrogens (tertiary/aromatic N) is 1. The number of hydrogen-bond donors (Lipinski definition) is 1. The molecule has 3 rings (SSSR count). The van der Waals surface area contributed by atoms with Gasteiger partial charge in [0, 0.05) is 32.3 Å². The maximum absolute atomic E-state index is 12.1. The van der Waals surface area contributed by atoms with Gasteiger partial charge in [-0.2, -0.15) is 0 Å². The lowest BCUT2D eigenvalue weighted by Gasteiger charge is -2.26. The largest absolute Gasteiger partial charge is 0.493 e. The summed E-state index contributed by atoms with van der Waals surface area (Å²) >= 11 is 0. The highest BCUT2D eigenvalue weighted by molar-refractivity contribution is 5.91. The molecule has 1 fully saturated rings. The molecule has 0 aromatic heterocycles. The van der Waals surface area contributed by atoms with E-state index >= 15 is 0 Å². The van der Waals surface area contributed by atoms with E-state index in [2.05, 4.69) is 34.5 Å². The molecule has 6 nitrogen and oxygen atoms in total. The Labute approximate surface area is 172 Å². The van der Waals surface area contributed by atoms with Crippen LogP contribution >= 0.6 is 0 Å². The predicted octanol–water partition coefficient (Wildman–Crippen LogP) is 2.87. The molecule has 0 saturated carbocycles. The van der Waals surface area contributed by atoms with Crippen LogP contribution in [0, 0.1) is 0 Å². The summed E-state index contributed by atoms with van der Waals surface area (Å²) in [5.41, 5.74) is 3.21. The van der Waals surface area contributed by atoms with Crippen LogP contribution in [0.2, 0.25) is 0 Å². The van der Waals surface area contributed by atoms with Crippen LogP contribution in [0.15, 0.2) is 48.5 Å². The van der Waals surface area contributed by atoms with Crippen LogP contribution in [-0.4, -0.2) is 51.3 Å². The number of morpholine rings is 1. The van der Waals surface area contributed by atoms with Gasteiger partial charge in [-0.3, -0.25) is 9.69 Å². The number of carbonyl (C=O) groups excluding carboxylic acids is 1. The van der Waals surface area contributed by atoms with Crippen molar-refractivity contribution in [3.8, 4) is 11.5 Å². The summed E-state index contributed by atoms with van der Waals surface area (Å²) in [6.45, 7) is 4.99. The number of ether oxygens (including phenoxy) is 3. The number of carbonyl (C=O) groups is 1. The van der Waals surface area contributed by atoms with Crippen molar-refractivity contribution >= 4 is 12.0 Å². The lowest BCUT2D eigenvalue weighted by molar-refractivity contribution is -0.116. The van der Waals surface area contributed by atoms with Gasteiger partial charge >= 0.3 is 0 Å². The number of methoxy groups -OCH3 is 2. The van der Waals surface area contributed by atoms with Crippen molar-refractivity contribution in [1.29, 1.82) is 0 Å². The molecular weight excluding hydrogens is 368 g/mol. The summed E-state index contributed by atoms with van der Waals surface area (Å²) in [7, 11) is 3.18. The molecule has 1 saturated heterocycles. The molecule has 1 heterocycles. The molecule has 0 radical (unpaired) electrons. The fourth-order valence-electron chi connectivity index (χ4n) is 3.16. The molecule has 1 aliphatic rings. The van der Waals surface area contributed by atoms with Gasteiger partial charge in [-0.1, -0.05) is 30.3 Å². The number of amides is 1. The van der Waals surface area contributed by atoms with Gasteiger partial charge in [0.1, 0.15) is 0 Å². The molecule has 1 aliphatic heterocycles. The Balaban J connectivity index is 1.48. The van der Waals surface area contributed by atoms with Crippen LogP contribution < -0.4 is 14.8 Å². The Bertz CT molecular complexity index is 827. The summed E-state index contributed by atoms with van der Waals surface area (Å²) in [5.74, 6) is 1.15. The zero-order valence-electron chi connectivity index (χ0n) is 17.0. The van der Waals surface area contributed by atoms with Gasteiger partial charge in [0.05, 0.1) is 27.4 Å². The topological polar surface area (TPSA) is 60.0 Å². The van der Waals surface area contributed by atoms with E-state index in [-0.39, 0.29) is 5.91 Å². The first-order valence-corrected chi connectivity index (χ1v) is 9.74. The van der Waals surface area contributed by atoms with Gasteiger partial charge in [0.15, 0.2) is 11.5 Å². The van der Waals surface area contributed by atoms with E-state index in [1.165, 1.54) is 11.6 Å². The van der Waals surface area contributed by atoms with Crippen LogP contribution in [0.1, 0.15) is 16.7 Å². The van der Waals surface area contributed by atoms with Crippen molar-refractivity contribution in [2.75, 3.05) is 40.5 Å². The zero-order chi connectivity index (χ0) is 20.5. The minimum Gasteiger partial charge on any atom is -0.493 e. The highest BCUT2D eigenvalue weighted by Crippen LogP contribution is 2.27. The fourth-order valence-corrected chi connectivity index (χ4v) is 3.16. The van der Waals surface area contributed by atoms with E-state index in [1.807, 2.05) is 18.2 Å². The minimum atomic E-state index is -0.142. The second-order valence-electron chi connectivity index (χ2n) is 6.87. The van der Waals surface area contributed by atoms with Crippen LogP contribution in [0.3, 0.4) is 0 Å². The van der Waals surface area contributed by atoms with Crippen molar-refractivity contribution in [2.24, 2.45) is 0 Å². The Morgan fingerprint density at radius 2 is 1.72 bits per heavy atom. The fraction of sp³-hybridized carbons (Fsp3) is 0.348. The van der Waals surface area contributed by atoms with E-state index in [4.69, 9.17) is 14.2 Å². The summed E-state index contributed by atoms with van der Waals surface area (Å²) < 4.78 is 15.9. The minimum absolute atomic E-state index is 0.142. The highest BCUT2D eigenvalue weighted by atomic mass is 16.5. The molecule has 2 aromatic rings. The first-order chi connectivity index (χ1) is 14.2. The Hall–Kier alpha value is -2.83. The van der Waals surface area contributed by atoms with Crippen molar-refractivity contribution in [3.05, 3.63) is 65.2 Å². The van der Waals surface area contributed by atoms with Crippen LogP contribution in [0.25, 0.3) is 6.08 Å². The van der Waals surface area contributed by atoms with E-state index in [9.17, 15) is 4.79 Å². The zero-order valence-corrected chi connectivity index (χ0v) is 17.0. The first-order valence-electron chi connectivity index (χ1n) is 9.74. The molecule has 0 unspecified atom stereocenters. The average molecular weight is 396 g/mol. The van der Waals surface area contributed by atoms with Crippen molar-refractivity contribution in [2.45, 2.75) is 13.1 Å². The first kappa shape index (κ1) is 20.9. The van der Waals surface area contributed by atoms with Gasteiger partial charge in [0.25, 0.3) is 0 Å². The number of rotatable bonds is 8. The average Bonchev–Trinajstić information content (AvgIpc) is 2.77. The molecule has 154 valence electrons. The third kappa shape index (κ3) is 6.34. The summed E-state index contributed by atoms with van der Waals surface area (Å²) in [5, 5.41) is 2.91. The summed E-state index contributed by atoms with van der Waals surface area (Å²) in [4.78, 5) is 14.5. The van der Waals surface area contributed by atoms with Crippen LogP contribution in [-0.2, 0) is 22.6 Å². The Morgan fingerprint density at radius 3 is 2.41 bits per heavy atom. The third-order valence-electron chi connectivity index (χ3n) is 4.83. The van der Waals surface area contributed by atoms with Crippen LogP contribution in [0.4, 0.5) is 0 Å². The quantitative estimate of drug-likeness (QED) is 0.696. The van der Waals surface area contributed by atoms with Crippen LogP contribution in [0.5, 0.6) is 11.5 Å². The van der Waals surface area contributed by atoms with Crippen molar-refractivity contribution in [1.82, 2.24) is 10.2 Å². The van der Waals surface area contributed by atoms with E-state index in [0.29, 0.717) is 18.0 Å². The van der Waals surface area contributed by atoms with Gasteiger partial charge < -0.3 is 19.5 Å². The molecule has 2 aromatic carbocycles. The highest BCUT2D eigenvalue weighted by Gasteiger charge is 2.10. The predicted molar refractivity (Wildman–Crippen MR) is 113 cm³/mol. The maximum atomic E-state index is 12.1. The Kier molecular flexibility index (Phi) is 7.67. The third-order valence-corrected chi connectivity index (χ3v) is 4.83. The monoisotopic (exact) mass is 396 g/mol. The van der Waals surface area contributed by atoms with E-state index < -0.39 is 0 Å². The molecule has 0 aliphatic carbocycles. The van der Waals surface area contributed by atoms with Crippen molar-refractivity contribution in [3.63, 3.8) is 0 Å². The van der Waals surface area contributed by atoms with E-state index in [1.54, 1.807) is 20.3 Å². The second-order valence-corrected chi connectivity index (χ2v) is 6.87. The van der Waals surface area contributed by atoms with Gasteiger partial charge in [-0.15, -0.1) is 0 Å². The molecule has 29 heavy (non-hydrogen) atoms. The summed E-state index contributed by atoms with van der Waals surface area (Å²) in [6.07, 6.45) is 3.27. The van der Waals surface area contributed by atoms with Gasteiger partial charge in [-0.25, -0.2) is 0 Å². The van der Waals surface area contributed by atoms with Crippen molar-refractivity contribution < 1.29 is 19.0 Å². The molecular formula is C23H28N2O4. The molecule has 0 spiro atoms. The van der Waals surface area contributed by atoms with Gasteiger partial charge in [-0.05, 0) is 34.9 Å². The van der Waals surface area contributed by atoms with Gasteiger partial charge in [0.2, 0.25) is 5.91 Å². The molecule has 6 heteroatoms. The normalized spacial score (nSPS) is 14.7. The molecule has 1 N–H and O–H groups in total. The summed E-state index contributed by atoms with van der Waals surface area (Å²) in [6, 6.07) is 13.9. The van der Waals surface area contributed by atoms with E-state index in [0.717, 1.165) is 44.0 Å². The standard InChI is InChI=1S/C23H28N2O4/c1-27-21-9-7-18(15-22(21)28-2)8-10-23(26)24-16-19-3-5-20(6-4-19)17-25-11-13-29-14-12-25/h3-10,15H,11-14,16-17H2,1-2H3,(H,24,26)/b10-8+. The Morgan fingerprint density at radius 1 is 1.03 bits per heavy atom. The number of nitrogens with one attached hydrogen (secondary N) is 1.